The van der Waals surface area contributed by atoms with E-state index in [0.717, 1.165) is 11.8 Å². The number of pyridine rings is 1. The van der Waals surface area contributed by atoms with Crippen LogP contribution in [0.25, 0.3) is 5.65 Å². The molecular formula is C19H17F3N6O2. The van der Waals surface area contributed by atoms with E-state index in [-0.39, 0.29) is 24.2 Å². The number of amides is 1. The summed E-state index contributed by atoms with van der Waals surface area (Å²) in [6, 6.07) is 3.80. The van der Waals surface area contributed by atoms with Crippen molar-refractivity contribution in [3.05, 3.63) is 70.4 Å². The molecule has 1 aromatic carbocycles. The zero-order chi connectivity index (χ0) is 21.6. The summed E-state index contributed by atoms with van der Waals surface area (Å²) in [5.41, 5.74) is 8.00. The van der Waals surface area contributed by atoms with Gasteiger partial charge in [-0.3, -0.25) is 0 Å². The number of carbonyl (C=O) groups is 1. The van der Waals surface area contributed by atoms with Gasteiger partial charge >= 0.3 is 6.09 Å². The van der Waals surface area contributed by atoms with Gasteiger partial charge in [0, 0.05) is 48.3 Å². The molecule has 4 rings (SSSR count). The minimum Gasteiger partial charge on any atom is -0.465 e. The Kier molecular flexibility index (Phi) is 4.72. The van der Waals surface area contributed by atoms with Crippen molar-refractivity contribution >= 4 is 17.6 Å². The Hall–Kier alpha value is -3.76. The van der Waals surface area contributed by atoms with Crippen molar-refractivity contribution in [2.45, 2.75) is 24.8 Å². The molecule has 8 nitrogen and oxygen atoms in total. The minimum absolute atomic E-state index is 0.115. The van der Waals surface area contributed by atoms with Crippen LogP contribution in [0.1, 0.15) is 28.4 Å². The van der Waals surface area contributed by atoms with Crippen LogP contribution in [-0.4, -0.2) is 32.5 Å². The molecule has 30 heavy (non-hydrogen) atoms. The maximum Gasteiger partial charge on any atom is 0.404 e. The quantitative estimate of drug-likeness (QED) is 0.170. The summed E-state index contributed by atoms with van der Waals surface area (Å²) in [7, 11) is 0. The molecule has 0 saturated carbocycles. The average molecular weight is 418 g/mol. The number of fused-ring (bicyclic) bond motifs is 3. The Morgan fingerprint density at radius 2 is 1.93 bits per heavy atom. The van der Waals surface area contributed by atoms with Crippen LogP contribution in [0.2, 0.25) is 0 Å². The van der Waals surface area contributed by atoms with Crippen LogP contribution < -0.4 is 16.9 Å². The number of benzene rings is 1. The van der Waals surface area contributed by atoms with Crippen LogP contribution in [0.4, 0.5) is 18.0 Å². The van der Waals surface area contributed by atoms with Gasteiger partial charge in [0.25, 0.3) is 0 Å². The maximum atomic E-state index is 14.4. The van der Waals surface area contributed by atoms with Crippen LogP contribution in [0.15, 0.2) is 35.6 Å². The first kappa shape index (κ1) is 19.6. The van der Waals surface area contributed by atoms with Gasteiger partial charge in [0.2, 0.25) is 0 Å². The first-order chi connectivity index (χ1) is 14.3. The molecule has 3 aromatic rings. The third kappa shape index (κ3) is 3.27. The molecule has 2 atom stereocenters. The summed E-state index contributed by atoms with van der Waals surface area (Å²) >= 11 is 0. The van der Waals surface area contributed by atoms with E-state index in [1.165, 1.54) is 0 Å². The lowest BCUT2D eigenvalue weighted by molar-refractivity contribution is 0.186. The lowest BCUT2D eigenvalue weighted by Gasteiger charge is -2.31. The number of hydrogen-bond acceptors (Lipinski definition) is 4. The highest BCUT2D eigenvalue weighted by Gasteiger charge is 2.35. The number of carboxylic acid groups (broad SMARTS) is 1. The third-order valence-electron chi connectivity index (χ3n) is 5.30. The van der Waals surface area contributed by atoms with Gasteiger partial charge in [-0.25, -0.2) is 22.9 Å². The second-order valence-corrected chi connectivity index (χ2v) is 7.02. The zero-order valence-electron chi connectivity index (χ0n) is 15.4. The summed E-state index contributed by atoms with van der Waals surface area (Å²) in [6.45, 7) is 0. The SMILES string of the molecule is N/N=C(\N)c1ccn2c3c(nc2c1)C[C@H](c1cc(F)c(F)cc1F)[C@@H](NC(=O)O)C3. The van der Waals surface area contributed by atoms with Crippen LogP contribution >= 0.6 is 0 Å². The van der Waals surface area contributed by atoms with Gasteiger partial charge in [-0.2, -0.15) is 5.10 Å². The Morgan fingerprint density at radius 3 is 2.63 bits per heavy atom. The van der Waals surface area contributed by atoms with Gasteiger partial charge in [0.1, 0.15) is 17.3 Å². The molecule has 1 aliphatic carbocycles. The number of rotatable bonds is 3. The largest absolute Gasteiger partial charge is 0.465 e. The zero-order valence-corrected chi connectivity index (χ0v) is 15.4. The molecule has 1 amide bonds. The highest BCUT2D eigenvalue weighted by atomic mass is 19.2. The van der Waals surface area contributed by atoms with E-state index in [0.29, 0.717) is 23.0 Å². The van der Waals surface area contributed by atoms with Crippen molar-refractivity contribution in [2.24, 2.45) is 16.7 Å². The molecule has 0 spiro atoms. The number of amidine groups is 1. The highest BCUT2D eigenvalue weighted by molar-refractivity contribution is 5.98. The summed E-state index contributed by atoms with van der Waals surface area (Å²) in [4.78, 5) is 15.9. The lowest BCUT2D eigenvalue weighted by Crippen LogP contribution is -2.43. The van der Waals surface area contributed by atoms with Crippen molar-refractivity contribution < 1.29 is 23.1 Å². The third-order valence-corrected chi connectivity index (χ3v) is 5.30. The van der Waals surface area contributed by atoms with Crippen molar-refractivity contribution in [3.63, 3.8) is 0 Å². The monoisotopic (exact) mass is 418 g/mol. The second-order valence-electron chi connectivity index (χ2n) is 7.02. The number of aromatic nitrogens is 2. The average Bonchev–Trinajstić information content (AvgIpc) is 3.05. The van der Waals surface area contributed by atoms with Crippen molar-refractivity contribution in [1.29, 1.82) is 0 Å². The first-order valence-corrected chi connectivity index (χ1v) is 8.96. The molecule has 11 heteroatoms. The Balaban J connectivity index is 1.81. The van der Waals surface area contributed by atoms with E-state index in [4.69, 9.17) is 11.6 Å². The van der Waals surface area contributed by atoms with E-state index < -0.39 is 35.5 Å². The summed E-state index contributed by atoms with van der Waals surface area (Å²) in [5.74, 6) is 1.09. The van der Waals surface area contributed by atoms with E-state index in [1.54, 1.807) is 22.7 Å². The number of halogens is 3. The number of nitrogens with one attached hydrogen (secondary N) is 1. The van der Waals surface area contributed by atoms with Crippen molar-refractivity contribution in [3.8, 4) is 0 Å². The van der Waals surface area contributed by atoms with Crippen molar-refractivity contribution in [1.82, 2.24) is 14.7 Å². The van der Waals surface area contributed by atoms with Crippen LogP contribution in [0.5, 0.6) is 0 Å². The number of imidazole rings is 1. The molecule has 0 radical (unpaired) electrons. The van der Waals surface area contributed by atoms with E-state index in [1.807, 2.05) is 0 Å². The van der Waals surface area contributed by atoms with Gasteiger partial charge in [-0.15, -0.1) is 0 Å². The predicted octanol–water partition coefficient (Wildman–Crippen LogP) is 1.85. The van der Waals surface area contributed by atoms with Crippen molar-refractivity contribution in [2.75, 3.05) is 0 Å². The Labute approximate surface area is 168 Å². The fourth-order valence-corrected chi connectivity index (χ4v) is 3.92. The molecule has 0 fully saturated rings. The molecule has 2 aromatic heterocycles. The molecule has 2 heterocycles. The van der Waals surface area contributed by atoms with Gasteiger partial charge in [-0.05, 0) is 23.8 Å². The minimum atomic E-state index is -1.31. The fourth-order valence-electron chi connectivity index (χ4n) is 3.92. The summed E-state index contributed by atoms with van der Waals surface area (Å²) in [5, 5.41) is 15.0. The van der Waals surface area contributed by atoms with Crippen LogP contribution in [0.3, 0.4) is 0 Å². The molecule has 156 valence electrons. The molecular weight excluding hydrogens is 401 g/mol. The normalized spacial score (nSPS) is 19.0. The van der Waals surface area contributed by atoms with Gasteiger partial charge in [-0.1, -0.05) is 0 Å². The Morgan fingerprint density at radius 1 is 1.20 bits per heavy atom. The maximum absolute atomic E-state index is 14.4. The fraction of sp³-hybridized carbons (Fsp3) is 0.211. The molecule has 0 unspecified atom stereocenters. The number of nitrogens with zero attached hydrogens (tertiary/aromatic N) is 3. The Bertz CT molecular complexity index is 1190. The van der Waals surface area contributed by atoms with Gasteiger partial charge < -0.3 is 26.4 Å². The van der Waals surface area contributed by atoms with E-state index >= 15 is 0 Å². The summed E-state index contributed by atoms with van der Waals surface area (Å²) < 4.78 is 43.4. The molecule has 0 bridgehead atoms. The number of hydrogen-bond donors (Lipinski definition) is 4. The van der Waals surface area contributed by atoms with Gasteiger partial charge in [0.05, 0.1) is 5.69 Å². The van der Waals surface area contributed by atoms with Crippen LogP contribution in [-0.2, 0) is 12.8 Å². The predicted molar refractivity (Wildman–Crippen MR) is 102 cm³/mol. The molecule has 1 aliphatic rings. The number of hydrazone groups is 1. The van der Waals surface area contributed by atoms with E-state index in [9.17, 15) is 23.1 Å². The first-order valence-electron chi connectivity index (χ1n) is 8.96. The standard InChI is InChI=1S/C19H17F3N6O2/c20-11-6-13(22)12(21)4-9(11)10-5-15-16(7-14(10)26-19(29)30)28-2-1-8(18(23)27-24)3-17(28)25-15/h1-4,6,10,14,26H,5,7,24H2,(H2,23,27)(H,29,30)/t10-,14+/m1/s1. The second kappa shape index (κ2) is 7.25. The number of nitrogens with two attached hydrogens (primary N) is 2. The van der Waals surface area contributed by atoms with Crippen LogP contribution in [0, 0.1) is 17.5 Å². The topological polar surface area (TPSA) is 131 Å². The van der Waals surface area contributed by atoms with Gasteiger partial charge in [0.15, 0.2) is 11.6 Å². The summed E-state index contributed by atoms with van der Waals surface area (Å²) in [6.07, 6.45) is 0.690. The molecule has 6 N–H and O–H groups in total. The molecule has 0 saturated heterocycles. The van der Waals surface area contributed by atoms with E-state index in [2.05, 4.69) is 15.4 Å². The lowest BCUT2D eigenvalue weighted by atomic mass is 9.80. The smallest absolute Gasteiger partial charge is 0.404 e. The highest BCUT2D eigenvalue weighted by Crippen LogP contribution is 2.35. The molecule has 0 aliphatic heterocycles.